The van der Waals surface area contributed by atoms with E-state index in [0.717, 1.165) is 0 Å². The summed E-state index contributed by atoms with van der Waals surface area (Å²) < 4.78 is 69.7. The number of anilines is 1. The van der Waals surface area contributed by atoms with Gasteiger partial charge in [0.25, 0.3) is 0 Å². The lowest BCUT2D eigenvalue weighted by atomic mass is 10.1. The molecule has 0 aliphatic heterocycles. The van der Waals surface area contributed by atoms with E-state index in [4.69, 9.17) is 9.84 Å². The molecule has 1 atom stereocenters. The molecule has 0 radical (unpaired) electrons. The summed E-state index contributed by atoms with van der Waals surface area (Å²) in [6, 6.07) is 0.366. The van der Waals surface area contributed by atoms with Crippen LogP contribution in [-0.4, -0.2) is 38.5 Å². The molecule has 1 rings (SSSR count). The molecule has 118 valence electrons. The fraction of sp³-hybridized carbons (Fsp3) is 0.364. The molecular formula is C11H12F3NO5S. The first kappa shape index (κ1) is 17.2. The minimum Gasteiger partial charge on any atom is -0.478 e. The van der Waals surface area contributed by atoms with Crippen molar-refractivity contribution in [2.45, 2.75) is 13.0 Å². The van der Waals surface area contributed by atoms with E-state index in [9.17, 15) is 26.4 Å². The summed E-state index contributed by atoms with van der Waals surface area (Å²) >= 11 is 0. The average molecular weight is 327 g/mol. The van der Waals surface area contributed by atoms with Crippen LogP contribution in [0.15, 0.2) is 6.07 Å². The minimum absolute atomic E-state index is 0.366. The number of halogens is 3. The van der Waals surface area contributed by atoms with E-state index in [-0.39, 0.29) is 0 Å². The van der Waals surface area contributed by atoms with Crippen molar-refractivity contribution in [3.63, 3.8) is 0 Å². The number of carboxylic acids is 1. The van der Waals surface area contributed by atoms with Gasteiger partial charge in [0.1, 0.15) is 5.56 Å². The van der Waals surface area contributed by atoms with Gasteiger partial charge in [-0.25, -0.2) is 26.4 Å². The average Bonchev–Trinajstić information content (AvgIpc) is 2.38. The van der Waals surface area contributed by atoms with Crippen molar-refractivity contribution in [2.24, 2.45) is 0 Å². The van der Waals surface area contributed by atoms with Crippen LogP contribution < -0.4 is 4.72 Å². The molecule has 0 aromatic heterocycles. The fourth-order valence-electron chi connectivity index (χ4n) is 1.42. The maximum atomic E-state index is 13.5. The van der Waals surface area contributed by atoms with Crippen molar-refractivity contribution in [3.05, 3.63) is 29.1 Å². The number of benzene rings is 1. The van der Waals surface area contributed by atoms with Gasteiger partial charge in [-0.05, 0) is 13.0 Å². The van der Waals surface area contributed by atoms with Crippen molar-refractivity contribution in [1.29, 1.82) is 0 Å². The molecule has 0 spiro atoms. The lowest BCUT2D eigenvalue weighted by Crippen LogP contribution is -2.26. The SMILES string of the molecule is COC(C)CS(=O)(=O)Nc1cc(C(=O)O)c(F)c(F)c1F. The Morgan fingerprint density at radius 2 is 1.90 bits per heavy atom. The van der Waals surface area contributed by atoms with Crippen LogP contribution in [0.1, 0.15) is 17.3 Å². The summed E-state index contributed by atoms with van der Waals surface area (Å²) in [6.07, 6.45) is -0.741. The van der Waals surface area contributed by atoms with Crippen LogP contribution in [0.3, 0.4) is 0 Å². The van der Waals surface area contributed by atoms with Gasteiger partial charge in [0, 0.05) is 7.11 Å². The number of carboxylic acid groups (broad SMARTS) is 1. The molecule has 6 nitrogen and oxygen atoms in total. The van der Waals surface area contributed by atoms with Crippen LogP contribution in [0, 0.1) is 17.5 Å². The first-order chi connectivity index (χ1) is 9.59. The number of methoxy groups -OCH3 is 1. The predicted octanol–water partition coefficient (Wildman–Crippen LogP) is 1.58. The van der Waals surface area contributed by atoms with E-state index in [2.05, 4.69) is 0 Å². The maximum Gasteiger partial charge on any atom is 0.338 e. The third-order valence-corrected chi connectivity index (χ3v) is 3.94. The Labute approximate surface area is 118 Å². The van der Waals surface area contributed by atoms with E-state index < -0.39 is 56.6 Å². The number of hydrogen-bond acceptors (Lipinski definition) is 4. The van der Waals surface area contributed by atoms with Gasteiger partial charge in [-0.15, -0.1) is 0 Å². The van der Waals surface area contributed by atoms with Crippen molar-refractivity contribution < 1.29 is 36.2 Å². The number of ether oxygens (including phenoxy) is 1. The Hall–Kier alpha value is -1.81. The number of nitrogens with one attached hydrogen (secondary N) is 1. The van der Waals surface area contributed by atoms with Gasteiger partial charge in [-0.2, -0.15) is 0 Å². The Kier molecular flexibility index (Phi) is 5.18. The molecule has 0 saturated heterocycles. The Balaban J connectivity index is 3.23. The van der Waals surface area contributed by atoms with Gasteiger partial charge in [-0.1, -0.05) is 0 Å². The van der Waals surface area contributed by atoms with Crippen LogP contribution >= 0.6 is 0 Å². The zero-order chi connectivity index (χ0) is 16.4. The van der Waals surface area contributed by atoms with E-state index in [1.54, 1.807) is 4.72 Å². The Morgan fingerprint density at radius 3 is 2.38 bits per heavy atom. The minimum atomic E-state index is -4.14. The number of rotatable bonds is 6. The molecule has 0 aliphatic rings. The highest BCUT2D eigenvalue weighted by atomic mass is 32.2. The molecule has 0 bridgehead atoms. The summed E-state index contributed by atoms with van der Waals surface area (Å²) in [6.45, 7) is 1.42. The molecule has 21 heavy (non-hydrogen) atoms. The monoisotopic (exact) mass is 327 g/mol. The second-order valence-electron chi connectivity index (χ2n) is 4.15. The van der Waals surface area contributed by atoms with E-state index in [1.165, 1.54) is 14.0 Å². The third kappa shape index (κ3) is 4.08. The number of aromatic carboxylic acids is 1. The lowest BCUT2D eigenvalue weighted by molar-refractivity contribution is 0.0690. The molecule has 0 fully saturated rings. The molecule has 0 amide bonds. The van der Waals surface area contributed by atoms with E-state index >= 15 is 0 Å². The quantitative estimate of drug-likeness (QED) is 0.774. The summed E-state index contributed by atoms with van der Waals surface area (Å²) in [4.78, 5) is 10.7. The summed E-state index contributed by atoms with van der Waals surface area (Å²) in [5, 5.41) is 8.66. The van der Waals surface area contributed by atoms with Crippen LogP contribution in [0.5, 0.6) is 0 Å². The molecule has 10 heteroatoms. The van der Waals surface area contributed by atoms with Crippen LogP contribution in [0.4, 0.5) is 18.9 Å². The van der Waals surface area contributed by atoms with Crippen molar-refractivity contribution in [2.75, 3.05) is 17.6 Å². The smallest absolute Gasteiger partial charge is 0.338 e. The van der Waals surface area contributed by atoms with Crippen molar-refractivity contribution in [3.8, 4) is 0 Å². The molecule has 1 unspecified atom stereocenters. The van der Waals surface area contributed by atoms with Gasteiger partial charge < -0.3 is 9.84 Å². The van der Waals surface area contributed by atoms with Gasteiger partial charge in [0.05, 0.1) is 17.5 Å². The summed E-state index contributed by atoms with van der Waals surface area (Å²) in [5.74, 6) is -8.26. The van der Waals surface area contributed by atoms with E-state index in [0.29, 0.717) is 6.07 Å². The zero-order valence-corrected chi connectivity index (χ0v) is 11.8. The fourth-order valence-corrected chi connectivity index (χ4v) is 2.74. The molecule has 0 saturated carbocycles. The van der Waals surface area contributed by atoms with Crippen LogP contribution in [0.2, 0.25) is 0 Å². The van der Waals surface area contributed by atoms with E-state index in [1.807, 2.05) is 0 Å². The van der Waals surface area contributed by atoms with Gasteiger partial charge in [0.15, 0.2) is 17.5 Å². The Morgan fingerprint density at radius 1 is 1.33 bits per heavy atom. The van der Waals surface area contributed by atoms with Crippen molar-refractivity contribution in [1.82, 2.24) is 0 Å². The largest absolute Gasteiger partial charge is 0.478 e. The standard InChI is InChI=1S/C11H12F3NO5S/c1-5(20-2)4-21(18,19)15-7-3-6(11(16)17)8(12)10(14)9(7)13/h3,5,15H,4H2,1-2H3,(H,16,17). The number of carbonyl (C=O) groups is 1. The normalized spacial score (nSPS) is 13.0. The van der Waals surface area contributed by atoms with Crippen molar-refractivity contribution >= 4 is 21.7 Å². The highest BCUT2D eigenvalue weighted by Crippen LogP contribution is 2.24. The molecule has 2 N–H and O–H groups in total. The second kappa shape index (κ2) is 6.31. The third-order valence-electron chi connectivity index (χ3n) is 2.50. The van der Waals surface area contributed by atoms with Crippen LogP contribution in [0.25, 0.3) is 0 Å². The lowest BCUT2D eigenvalue weighted by Gasteiger charge is -2.13. The molecule has 0 aliphatic carbocycles. The first-order valence-electron chi connectivity index (χ1n) is 5.53. The highest BCUT2D eigenvalue weighted by molar-refractivity contribution is 7.92. The summed E-state index contributed by atoms with van der Waals surface area (Å²) in [5.41, 5.74) is -2.18. The molecular weight excluding hydrogens is 315 g/mol. The van der Waals surface area contributed by atoms with Gasteiger partial charge in [0.2, 0.25) is 10.0 Å². The zero-order valence-electron chi connectivity index (χ0n) is 11.0. The molecule has 1 aromatic carbocycles. The topological polar surface area (TPSA) is 92.7 Å². The van der Waals surface area contributed by atoms with Crippen LogP contribution in [-0.2, 0) is 14.8 Å². The predicted molar refractivity (Wildman–Crippen MR) is 67.2 cm³/mol. The van der Waals surface area contributed by atoms with Gasteiger partial charge in [-0.3, -0.25) is 4.72 Å². The van der Waals surface area contributed by atoms with Gasteiger partial charge >= 0.3 is 5.97 Å². The first-order valence-corrected chi connectivity index (χ1v) is 7.18. The molecule has 1 aromatic rings. The summed E-state index contributed by atoms with van der Waals surface area (Å²) in [7, 11) is -2.89. The number of sulfonamides is 1. The highest BCUT2D eigenvalue weighted by Gasteiger charge is 2.25. The number of hydrogen-bond donors (Lipinski definition) is 2. The maximum absolute atomic E-state index is 13.5. The second-order valence-corrected chi connectivity index (χ2v) is 5.92. The molecule has 0 heterocycles. The Bertz CT molecular complexity index is 662.